The fourth-order valence-electron chi connectivity index (χ4n) is 2.60. The summed E-state index contributed by atoms with van der Waals surface area (Å²) < 4.78 is 5.48. The van der Waals surface area contributed by atoms with Gasteiger partial charge >= 0.3 is 6.09 Å². The van der Waals surface area contributed by atoms with E-state index >= 15 is 0 Å². The number of anilines is 1. The van der Waals surface area contributed by atoms with Crippen molar-refractivity contribution in [3.63, 3.8) is 0 Å². The molecule has 1 aromatic carbocycles. The van der Waals surface area contributed by atoms with Gasteiger partial charge in [-0.3, -0.25) is 9.69 Å². The van der Waals surface area contributed by atoms with E-state index in [1.165, 1.54) is 0 Å². The summed E-state index contributed by atoms with van der Waals surface area (Å²) >= 11 is 7.80. The number of amides is 2. The van der Waals surface area contributed by atoms with Gasteiger partial charge in [-0.05, 0) is 44.7 Å². The molecule has 0 spiro atoms. The van der Waals surface area contributed by atoms with E-state index in [1.807, 2.05) is 32.9 Å². The topological polar surface area (TPSA) is 49.9 Å². The molecule has 5 nitrogen and oxygen atoms in total. The molecule has 0 aromatic heterocycles. The van der Waals surface area contributed by atoms with E-state index < -0.39 is 11.7 Å². The second-order valence-electron chi connectivity index (χ2n) is 6.91. The SMILES string of the molecule is CCSCC1CN(c2cccc(Cl)c2)C(=O)CN1C(=O)OC(C)(C)C. The fraction of sp³-hybridized carbons (Fsp3) is 0.556. The first-order chi connectivity index (χ1) is 11.7. The minimum absolute atomic E-state index is 0.0103. The van der Waals surface area contributed by atoms with Gasteiger partial charge in [-0.2, -0.15) is 11.8 Å². The second-order valence-corrected chi connectivity index (χ2v) is 8.66. The Kier molecular flexibility index (Phi) is 6.63. The lowest BCUT2D eigenvalue weighted by molar-refractivity contribution is -0.122. The zero-order valence-corrected chi connectivity index (χ0v) is 16.7. The molecule has 0 N–H and O–H groups in total. The Bertz CT molecular complexity index is 633. The van der Waals surface area contributed by atoms with E-state index in [0.29, 0.717) is 11.6 Å². The molecule has 1 aromatic rings. The molecule has 0 radical (unpaired) electrons. The number of hydrogen-bond donors (Lipinski definition) is 0. The number of benzene rings is 1. The van der Waals surface area contributed by atoms with Crippen molar-refractivity contribution in [2.45, 2.75) is 39.3 Å². The van der Waals surface area contributed by atoms with E-state index in [1.54, 1.807) is 33.7 Å². The quantitative estimate of drug-likeness (QED) is 0.785. The molecular formula is C18H25ClN2O3S. The average molecular weight is 385 g/mol. The van der Waals surface area contributed by atoms with Crippen molar-refractivity contribution in [3.05, 3.63) is 29.3 Å². The summed E-state index contributed by atoms with van der Waals surface area (Å²) in [6.45, 7) is 7.99. The van der Waals surface area contributed by atoms with Crippen molar-refractivity contribution < 1.29 is 14.3 Å². The average Bonchev–Trinajstić information content (AvgIpc) is 2.51. The van der Waals surface area contributed by atoms with Gasteiger partial charge in [-0.25, -0.2) is 4.79 Å². The first kappa shape index (κ1) is 19.9. The van der Waals surface area contributed by atoms with E-state index in [2.05, 4.69) is 6.92 Å². The summed E-state index contributed by atoms with van der Waals surface area (Å²) in [4.78, 5) is 28.4. The fourth-order valence-corrected chi connectivity index (χ4v) is 3.57. The minimum Gasteiger partial charge on any atom is -0.444 e. The minimum atomic E-state index is -0.591. The summed E-state index contributed by atoms with van der Waals surface area (Å²) in [6, 6.07) is 7.12. The number of carbonyl (C=O) groups is 2. The normalized spacial score (nSPS) is 18.4. The van der Waals surface area contributed by atoms with Crippen LogP contribution in [0.15, 0.2) is 24.3 Å². The molecule has 2 amide bonds. The van der Waals surface area contributed by atoms with Crippen molar-refractivity contribution >= 4 is 41.1 Å². The summed E-state index contributed by atoms with van der Waals surface area (Å²) in [6.07, 6.45) is -0.437. The zero-order valence-electron chi connectivity index (χ0n) is 15.1. The summed E-state index contributed by atoms with van der Waals surface area (Å²) in [5.41, 5.74) is 0.167. The number of ether oxygens (including phenoxy) is 1. The van der Waals surface area contributed by atoms with Crippen LogP contribution in [-0.2, 0) is 9.53 Å². The first-order valence-electron chi connectivity index (χ1n) is 8.34. The summed E-state index contributed by atoms with van der Waals surface area (Å²) in [5.74, 6) is 1.56. The number of thioether (sulfide) groups is 1. The Morgan fingerprint density at radius 1 is 1.40 bits per heavy atom. The number of carbonyl (C=O) groups excluding carboxylic acids is 2. The molecular weight excluding hydrogens is 360 g/mol. The third-order valence-electron chi connectivity index (χ3n) is 3.70. The maximum absolute atomic E-state index is 12.6. The van der Waals surface area contributed by atoms with Crippen molar-refractivity contribution in [1.82, 2.24) is 4.90 Å². The Hall–Kier alpha value is -1.40. The molecule has 1 heterocycles. The van der Waals surface area contributed by atoms with Crippen LogP contribution in [0.25, 0.3) is 0 Å². The third kappa shape index (κ3) is 5.54. The van der Waals surface area contributed by atoms with Gasteiger partial charge in [0.2, 0.25) is 5.91 Å². The van der Waals surface area contributed by atoms with Crippen LogP contribution in [0.5, 0.6) is 0 Å². The van der Waals surface area contributed by atoms with Gasteiger partial charge in [-0.1, -0.05) is 24.6 Å². The van der Waals surface area contributed by atoms with E-state index in [0.717, 1.165) is 17.2 Å². The maximum Gasteiger partial charge on any atom is 0.411 e. The predicted octanol–water partition coefficient (Wildman–Crippen LogP) is 4.05. The highest BCUT2D eigenvalue weighted by Crippen LogP contribution is 2.25. The number of hydrogen-bond acceptors (Lipinski definition) is 4. The molecule has 1 fully saturated rings. The van der Waals surface area contributed by atoms with E-state index in [9.17, 15) is 9.59 Å². The molecule has 7 heteroatoms. The van der Waals surface area contributed by atoms with Crippen LogP contribution in [0.4, 0.5) is 10.5 Å². The van der Waals surface area contributed by atoms with E-state index in [4.69, 9.17) is 16.3 Å². The van der Waals surface area contributed by atoms with Gasteiger partial charge in [0.25, 0.3) is 0 Å². The number of halogens is 1. The standard InChI is InChI=1S/C18H25ClN2O3S/c1-5-25-12-15-10-20(14-8-6-7-13(19)9-14)16(22)11-21(15)17(23)24-18(2,3)4/h6-9,15H,5,10-12H2,1-4H3. The molecule has 0 saturated carbocycles. The Morgan fingerprint density at radius 2 is 2.12 bits per heavy atom. The molecule has 1 aliphatic rings. The Labute approximate surface area is 158 Å². The monoisotopic (exact) mass is 384 g/mol. The number of nitrogens with zero attached hydrogens (tertiary/aromatic N) is 2. The van der Waals surface area contributed by atoms with Crippen LogP contribution in [-0.4, -0.2) is 53.1 Å². The van der Waals surface area contributed by atoms with Crippen molar-refractivity contribution in [3.8, 4) is 0 Å². The van der Waals surface area contributed by atoms with Crippen molar-refractivity contribution in [2.24, 2.45) is 0 Å². The summed E-state index contributed by atoms with van der Waals surface area (Å²) in [5, 5.41) is 0.583. The molecule has 1 aliphatic heterocycles. The first-order valence-corrected chi connectivity index (χ1v) is 9.88. The van der Waals surface area contributed by atoms with Crippen molar-refractivity contribution in [1.29, 1.82) is 0 Å². The van der Waals surface area contributed by atoms with Gasteiger partial charge in [0.15, 0.2) is 0 Å². The van der Waals surface area contributed by atoms with Crippen molar-refractivity contribution in [2.75, 3.05) is 29.5 Å². The third-order valence-corrected chi connectivity index (χ3v) is 4.97. The van der Waals surface area contributed by atoms with Crippen LogP contribution >= 0.6 is 23.4 Å². The van der Waals surface area contributed by atoms with E-state index in [-0.39, 0.29) is 18.5 Å². The molecule has 1 atom stereocenters. The smallest absolute Gasteiger partial charge is 0.411 e. The number of rotatable bonds is 4. The van der Waals surface area contributed by atoms with Gasteiger partial charge < -0.3 is 9.64 Å². The Balaban J connectivity index is 2.20. The van der Waals surface area contributed by atoms with Crippen LogP contribution in [0.1, 0.15) is 27.7 Å². The summed E-state index contributed by atoms with van der Waals surface area (Å²) in [7, 11) is 0. The Morgan fingerprint density at radius 3 is 2.72 bits per heavy atom. The van der Waals surface area contributed by atoms with Crippen LogP contribution in [0.3, 0.4) is 0 Å². The lowest BCUT2D eigenvalue weighted by Crippen LogP contribution is -2.59. The highest BCUT2D eigenvalue weighted by molar-refractivity contribution is 7.99. The van der Waals surface area contributed by atoms with Crippen LogP contribution in [0.2, 0.25) is 5.02 Å². The molecule has 0 aliphatic carbocycles. The highest BCUT2D eigenvalue weighted by Gasteiger charge is 2.37. The highest BCUT2D eigenvalue weighted by atomic mass is 35.5. The largest absolute Gasteiger partial charge is 0.444 e. The molecule has 138 valence electrons. The van der Waals surface area contributed by atoms with Gasteiger partial charge in [0, 0.05) is 23.0 Å². The zero-order chi connectivity index (χ0) is 18.6. The van der Waals surface area contributed by atoms with Crippen LogP contribution < -0.4 is 4.90 Å². The lowest BCUT2D eigenvalue weighted by atomic mass is 10.1. The second kappa shape index (κ2) is 8.32. The predicted molar refractivity (Wildman–Crippen MR) is 104 cm³/mol. The molecule has 1 saturated heterocycles. The van der Waals surface area contributed by atoms with Gasteiger partial charge in [-0.15, -0.1) is 0 Å². The maximum atomic E-state index is 12.6. The lowest BCUT2D eigenvalue weighted by Gasteiger charge is -2.41. The van der Waals surface area contributed by atoms with Gasteiger partial charge in [0.05, 0.1) is 6.04 Å². The molecule has 0 bridgehead atoms. The number of piperazine rings is 1. The molecule has 25 heavy (non-hydrogen) atoms. The molecule has 2 rings (SSSR count). The molecule has 1 unspecified atom stereocenters. The van der Waals surface area contributed by atoms with Gasteiger partial charge in [0.1, 0.15) is 12.1 Å². The van der Waals surface area contributed by atoms with Crippen LogP contribution in [0, 0.1) is 0 Å².